The van der Waals surface area contributed by atoms with Gasteiger partial charge in [-0.15, -0.1) is 0 Å². The molecule has 26 heavy (non-hydrogen) atoms. The van der Waals surface area contributed by atoms with E-state index in [0.717, 1.165) is 25.3 Å². The summed E-state index contributed by atoms with van der Waals surface area (Å²) in [5, 5.41) is 13.9. The van der Waals surface area contributed by atoms with E-state index in [4.69, 9.17) is 9.47 Å². The summed E-state index contributed by atoms with van der Waals surface area (Å²) >= 11 is 0. The zero-order chi connectivity index (χ0) is 19.3. The Hall–Kier alpha value is -2.64. The first-order valence-electron chi connectivity index (χ1n) is 8.62. The molecule has 1 aromatic rings. The molecule has 0 saturated heterocycles. The number of amides is 1. The van der Waals surface area contributed by atoms with Crippen LogP contribution in [0.5, 0.6) is 5.75 Å². The van der Waals surface area contributed by atoms with Crippen molar-refractivity contribution < 1.29 is 24.0 Å². The highest BCUT2D eigenvalue weighted by Gasteiger charge is 2.28. The first-order valence-corrected chi connectivity index (χ1v) is 8.62. The molecule has 0 bridgehead atoms. The van der Waals surface area contributed by atoms with Gasteiger partial charge in [-0.05, 0) is 30.4 Å². The van der Waals surface area contributed by atoms with Crippen LogP contribution in [-0.4, -0.2) is 36.6 Å². The van der Waals surface area contributed by atoms with Crippen LogP contribution in [0.1, 0.15) is 43.5 Å². The molecule has 1 aromatic carbocycles. The van der Waals surface area contributed by atoms with Gasteiger partial charge in [-0.2, -0.15) is 0 Å². The fourth-order valence-corrected chi connectivity index (χ4v) is 3.21. The predicted octanol–water partition coefficient (Wildman–Crippen LogP) is 2.70. The highest BCUT2D eigenvalue weighted by atomic mass is 16.6. The molecule has 0 heterocycles. The van der Waals surface area contributed by atoms with Crippen LogP contribution in [0.2, 0.25) is 0 Å². The monoisotopic (exact) mass is 364 g/mol. The van der Waals surface area contributed by atoms with E-state index in [-0.39, 0.29) is 28.9 Å². The van der Waals surface area contributed by atoms with Crippen molar-refractivity contribution in [1.29, 1.82) is 0 Å². The van der Waals surface area contributed by atoms with E-state index in [2.05, 4.69) is 19.2 Å². The number of nitrogens with one attached hydrogen (secondary N) is 1. The Morgan fingerprint density at radius 3 is 2.69 bits per heavy atom. The van der Waals surface area contributed by atoms with E-state index in [0.29, 0.717) is 11.8 Å². The average Bonchev–Trinajstić information content (AvgIpc) is 2.62. The molecular formula is C18H24N2O6. The molecular weight excluding hydrogens is 340 g/mol. The van der Waals surface area contributed by atoms with Gasteiger partial charge in [-0.1, -0.05) is 26.7 Å². The van der Waals surface area contributed by atoms with Gasteiger partial charge in [0.15, 0.2) is 12.4 Å². The molecule has 0 aromatic heterocycles. The van der Waals surface area contributed by atoms with E-state index in [1.54, 1.807) is 0 Å². The number of carbonyl (C=O) groups is 2. The van der Waals surface area contributed by atoms with E-state index in [1.807, 2.05) is 0 Å². The quantitative estimate of drug-likeness (QED) is 0.472. The lowest BCUT2D eigenvalue weighted by Crippen LogP contribution is -2.45. The summed E-state index contributed by atoms with van der Waals surface area (Å²) in [4.78, 5) is 34.5. The number of methoxy groups -OCH3 is 1. The summed E-state index contributed by atoms with van der Waals surface area (Å²) in [5.74, 6) is -0.211. The van der Waals surface area contributed by atoms with Crippen molar-refractivity contribution in [1.82, 2.24) is 5.32 Å². The molecule has 1 aliphatic rings. The maximum atomic E-state index is 12.1. The van der Waals surface area contributed by atoms with Gasteiger partial charge in [-0.3, -0.25) is 14.9 Å². The SMILES string of the molecule is COc1ccc(C(=O)OCC(=O)N[C@H]2CCC[C@H](C)[C@H]2C)cc1[N+](=O)[O-]. The van der Waals surface area contributed by atoms with Crippen LogP contribution in [0.25, 0.3) is 0 Å². The summed E-state index contributed by atoms with van der Waals surface area (Å²) in [5.41, 5.74) is -0.346. The van der Waals surface area contributed by atoms with Crippen molar-refractivity contribution in [2.45, 2.75) is 39.2 Å². The van der Waals surface area contributed by atoms with Crippen molar-refractivity contribution in [3.8, 4) is 5.75 Å². The topological polar surface area (TPSA) is 108 Å². The largest absolute Gasteiger partial charge is 0.490 e. The summed E-state index contributed by atoms with van der Waals surface area (Å²) in [6, 6.07) is 3.83. The molecule has 8 nitrogen and oxygen atoms in total. The second-order valence-corrected chi connectivity index (χ2v) is 6.66. The Morgan fingerprint density at radius 2 is 2.04 bits per heavy atom. The highest BCUT2D eigenvalue weighted by molar-refractivity contribution is 5.92. The van der Waals surface area contributed by atoms with Crippen LogP contribution in [0.15, 0.2) is 18.2 Å². The number of nitro groups is 1. The van der Waals surface area contributed by atoms with Gasteiger partial charge < -0.3 is 14.8 Å². The van der Waals surface area contributed by atoms with Crippen LogP contribution in [0, 0.1) is 22.0 Å². The van der Waals surface area contributed by atoms with Gasteiger partial charge in [0.25, 0.3) is 5.91 Å². The van der Waals surface area contributed by atoms with Crippen molar-refractivity contribution in [3.05, 3.63) is 33.9 Å². The molecule has 0 spiro atoms. The molecule has 1 aliphatic carbocycles. The molecule has 142 valence electrons. The van der Waals surface area contributed by atoms with Crippen molar-refractivity contribution in [3.63, 3.8) is 0 Å². The number of carbonyl (C=O) groups excluding carboxylic acids is 2. The fraction of sp³-hybridized carbons (Fsp3) is 0.556. The van der Waals surface area contributed by atoms with Crippen molar-refractivity contribution in [2.24, 2.45) is 11.8 Å². The molecule has 3 atom stereocenters. The summed E-state index contributed by atoms with van der Waals surface area (Å²) in [6.45, 7) is 3.85. The summed E-state index contributed by atoms with van der Waals surface area (Å²) < 4.78 is 9.87. The molecule has 1 fully saturated rings. The maximum Gasteiger partial charge on any atom is 0.338 e. The average molecular weight is 364 g/mol. The normalized spacial score (nSPS) is 22.3. The first-order chi connectivity index (χ1) is 12.3. The van der Waals surface area contributed by atoms with E-state index in [1.165, 1.54) is 19.2 Å². The molecule has 0 aliphatic heterocycles. The van der Waals surface area contributed by atoms with Crippen LogP contribution in [-0.2, 0) is 9.53 Å². The molecule has 0 radical (unpaired) electrons. The van der Waals surface area contributed by atoms with E-state index < -0.39 is 17.5 Å². The zero-order valence-corrected chi connectivity index (χ0v) is 15.2. The molecule has 1 N–H and O–H groups in total. The third kappa shape index (κ3) is 4.71. The predicted molar refractivity (Wildman–Crippen MR) is 94.0 cm³/mol. The third-order valence-electron chi connectivity index (χ3n) is 5.00. The third-order valence-corrected chi connectivity index (χ3v) is 5.00. The number of hydrogen-bond acceptors (Lipinski definition) is 6. The maximum absolute atomic E-state index is 12.1. The molecule has 1 saturated carbocycles. The summed E-state index contributed by atoms with van der Waals surface area (Å²) in [6.07, 6.45) is 3.13. The number of esters is 1. The second kappa shape index (κ2) is 8.64. The minimum Gasteiger partial charge on any atom is -0.490 e. The van der Waals surface area contributed by atoms with Gasteiger partial charge in [0, 0.05) is 12.1 Å². The summed E-state index contributed by atoms with van der Waals surface area (Å²) in [7, 11) is 1.30. The van der Waals surface area contributed by atoms with E-state index >= 15 is 0 Å². The minimum absolute atomic E-state index is 0.00930. The van der Waals surface area contributed by atoms with E-state index in [9.17, 15) is 19.7 Å². The Bertz CT molecular complexity index is 690. The number of benzene rings is 1. The van der Waals surface area contributed by atoms with Crippen LogP contribution in [0.3, 0.4) is 0 Å². The van der Waals surface area contributed by atoms with Gasteiger partial charge in [0.1, 0.15) is 0 Å². The number of ether oxygens (including phenoxy) is 2. The Morgan fingerprint density at radius 1 is 1.31 bits per heavy atom. The smallest absolute Gasteiger partial charge is 0.338 e. The first kappa shape index (κ1) is 19.7. The van der Waals surface area contributed by atoms with Gasteiger partial charge in [-0.25, -0.2) is 4.79 Å². The number of nitro benzene ring substituents is 1. The van der Waals surface area contributed by atoms with Crippen molar-refractivity contribution in [2.75, 3.05) is 13.7 Å². The molecule has 0 unspecified atom stereocenters. The lowest BCUT2D eigenvalue weighted by atomic mass is 9.78. The van der Waals surface area contributed by atoms with Crippen molar-refractivity contribution >= 4 is 17.6 Å². The van der Waals surface area contributed by atoms with Gasteiger partial charge >= 0.3 is 11.7 Å². The van der Waals surface area contributed by atoms with Gasteiger partial charge in [0.2, 0.25) is 0 Å². The standard InChI is InChI=1S/C18H24N2O6/c1-11-5-4-6-14(12(11)2)19-17(21)10-26-18(22)13-7-8-16(25-3)15(9-13)20(23)24/h7-9,11-12,14H,4-6,10H2,1-3H3,(H,19,21)/t11-,12+,14-/m0/s1. The van der Waals surface area contributed by atoms with Crippen LogP contribution < -0.4 is 10.1 Å². The highest BCUT2D eigenvalue weighted by Crippen LogP contribution is 2.29. The minimum atomic E-state index is -0.795. The van der Waals surface area contributed by atoms with Gasteiger partial charge in [0.05, 0.1) is 17.6 Å². The molecule has 8 heteroatoms. The Balaban J connectivity index is 1.93. The number of rotatable bonds is 6. The zero-order valence-electron chi connectivity index (χ0n) is 15.2. The lowest BCUT2D eigenvalue weighted by Gasteiger charge is -2.34. The number of hydrogen-bond donors (Lipinski definition) is 1. The lowest BCUT2D eigenvalue weighted by molar-refractivity contribution is -0.385. The number of nitrogens with zero attached hydrogens (tertiary/aromatic N) is 1. The van der Waals surface area contributed by atoms with Crippen LogP contribution >= 0.6 is 0 Å². The molecule has 2 rings (SSSR count). The second-order valence-electron chi connectivity index (χ2n) is 6.66. The van der Waals surface area contributed by atoms with Crippen LogP contribution in [0.4, 0.5) is 5.69 Å². The Kier molecular flexibility index (Phi) is 6.54. The Labute approximate surface area is 152 Å². The molecule has 1 amide bonds. The fourth-order valence-electron chi connectivity index (χ4n) is 3.21.